The number of carbonyl (C=O) groups is 2. The highest BCUT2D eigenvalue weighted by Crippen LogP contribution is 2.30. The van der Waals surface area contributed by atoms with Crippen LogP contribution < -0.4 is 14.0 Å². The van der Waals surface area contributed by atoms with E-state index in [1.807, 2.05) is 60.2 Å². The smallest absolute Gasteiger partial charge is 0.261 e. The van der Waals surface area contributed by atoms with E-state index >= 15 is 0 Å². The summed E-state index contributed by atoms with van der Waals surface area (Å²) >= 11 is 0. The molecule has 42 heavy (non-hydrogen) atoms. The third-order valence-corrected chi connectivity index (χ3v) is 7.41. The molecular formula is C36H49N2O4+. The Hall–Kier alpha value is -3.67. The van der Waals surface area contributed by atoms with Crippen LogP contribution in [0.25, 0.3) is 0 Å². The number of carbonyl (C=O) groups excluding carboxylic acids is 2. The van der Waals surface area contributed by atoms with Crippen molar-refractivity contribution >= 4 is 11.8 Å². The first-order chi connectivity index (χ1) is 20.6. The molecule has 0 saturated heterocycles. The summed E-state index contributed by atoms with van der Waals surface area (Å²) in [6, 6.07) is 20.1. The van der Waals surface area contributed by atoms with Crippen molar-refractivity contribution in [2.45, 2.75) is 98.1 Å². The molecule has 6 nitrogen and oxygen atoms in total. The van der Waals surface area contributed by atoms with E-state index in [0.717, 1.165) is 37.9 Å². The zero-order valence-corrected chi connectivity index (χ0v) is 25.9. The number of benzene rings is 2. The number of amides is 2. The first kappa shape index (κ1) is 32.8. The van der Waals surface area contributed by atoms with Crippen LogP contribution in [0, 0.1) is 0 Å². The Kier molecular flexibility index (Phi) is 14.6. The summed E-state index contributed by atoms with van der Waals surface area (Å²) < 4.78 is 14.4. The predicted octanol–water partition coefficient (Wildman–Crippen LogP) is 8.18. The third-order valence-electron chi connectivity index (χ3n) is 7.41. The van der Waals surface area contributed by atoms with Crippen LogP contribution in [0.3, 0.4) is 0 Å². The number of pyridine rings is 1. The SMILES string of the molecule is CCCCCCCOc1ccc(C(=O)N(Cc2cccc[n+]2CC)C(=O)c2ccccc2)cc1OCCCCCCC. The molecule has 0 N–H and O–H groups in total. The number of nitrogens with zero attached hydrogens (tertiary/aromatic N) is 2. The normalized spacial score (nSPS) is 10.8. The number of aryl methyl sites for hydroxylation is 1. The van der Waals surface area contributed by atoms with Gasteiger partial charge in [-0.05, 0) is 50.1 Å². The zero-order chi connectivity index (χ0) is 30.0. The van der Waals surface area contributed by atoms with Crippen molar-refractivity contribution in [3.05, 3.63) is 89.7 Å². The number of hydrogen-bond acceptors (Lipinski definition) is 4. The molecule has 0 aliphatic carbocycles. The van der Waals surface area contributed by atoms with Crippen LogP contribution >= 0.6 is 0 Å². The minimum Gasteiger partial charge on any atom is -0.490 e. The van der Waals surface area contributed by atoms with Crippen LogP contribution in [0.2, 0.25) is 0 Å². The molecule has 0 bridgehead atoms. The van der Waals surface area contributed by atoms with Gasteiger partial charge in [0.2, 0.25) is 5.69 Å². The Morgan fingerprint density at radius 2 is 1.24 bits per heavy atom. The Morgan fingerprint density at radius 1 is 0.643 bits per heavy atom. The second-order valence-corrected chi connectivity index (χ2v) is 10.7. The van der Waals surface area contributed by atoms with Gasteiger partial charge in [0.1, 0.15) is 13.1 Å². The molecule has 2 aromatic carbocycles. The van der Waals surface area contributed by atoms with E-state index in [9.17, 15) is 9.59 Å². The van der Waals surface area contributed by atoms with E-state index in [1.54, 1.807) is 24.3 Å². The van der Waals surface area contributed by atoms with Crippen molar-refractivity contribution < 1.29 is 23.6 Å². The van der Waals surface area contributed by atoms with Gasteiger partial charge in [0.15, 0.2) is 17.7 Å². The monoisotopic (exact) mass is 573 g/mol. The maximum atomic E-state index is 14.0. The van der Waals surface area contributed by atoms with E-state index in [2.05, 4.69) is 13.8 Å². The van der Waals surface area contributed by atoms with Crippen molar-refractivity contribution in [1.29, 1.82) is 0 Å². The Morgan fingerprint density at radius 3 is 1.88 bits per heavy atom. The van der Waals surface area contributed by atoms with Crippen LogP contribution in [0.15, 0.2) is 72.9 Å². The fraction of sp³-hybridized carbons (Fsp3) is 0.472. The predicted molar refractivity (Wildman–Crippen MR) is 168 cm³/mol. The fourth-order valence-electron chi connectivity index (χ4n) is 4.90. The molecule has 0 spiro atoms. The summed E-state index contributed by atoms with van der Waals surface area (Å²) in [7, 11) is 0. The number of ether oxygens (including phenoxy) is 2. The molecule has 226 valence electrons. The molecule has 0 fully saturated rings. The second-order valence-electron chi connectivity index (χ2n) is 10.7. The summed E-state index contributed by atoms with van der Waals surface area (Å²) in [4.78, 5) is 29.1. The lowest BCUT2D eigenvalue weighted by Gasteiger charge is -2.21. The van der Waals surface area contributed by atoms with Crippen molar-refractivity contribution in [1.82, 2.24) is 4.90 Å². The van der Waals surface area contributed by atoms with Crippen LogP contribution in [0.5, 0.6) is 11.5 Å². The maximum absolute atomic E-state index is 14.0. The molecule has 0 atom stereocenters. The quantitative estimate of drug-likeness (QED) is 0.0824. The van der Waals surface area contributed by atoms with Crippen LogP contribution in [0.1, 0.15) is 111 Å². The van der Waals surface area contributed by atoms with Gasteiger partial charge < -0.3 is 9.47 Å². The Labute approximate surface area is 252 Å². The number of aromatic nitrogens is 1. The molecule has 2 amide bonds. The topological polar surface area (TPSA) is 59.7 Å². The maximum Gasteiger partial charge on any atom is 0.261 e. The molecule has 0 aliphatic rings. The first-order valence-electron chi connectivity index (χ1n) is 15.9. The highest BCUT2D eigenvalue weighted by Gasteiger charge is 2.28. The molecule has 0 radical (unpaired) electrons. The molecule has 1 heterocycles. The average Bonchev–Trinajstić information content (AvgIpc) is 3.03. The van der Waals surface area contributed by atoms with Gasteiger partial charge in [-0.3, -0.25) is 14.5 Å². The summed E-state index contributed by atoms with van der Waals surface area (Å²) in [6.45, 7) is 8.51. The highest BCUT2D eigenvalue weighted by atomic mass is 16.5. The lowest BCUT2D eigenvalue weighted by atomic mass is 10.1. The van der Waals surface area contributed by atoms with Crippen molar-refractivity contribution in [2.24, 2.45) is 0 Å². The van der Waals surface area contributed by atoms with Crippen LogP contribution in [-0.2, 0) is 13.1 Å². The fourth-order valence-corrected chi connectivity index (χ4v) is 4.90. The largest absolute Gasteiger partial charge is 0.490 e. The van der Waals surface area contributed by atoms with E-state index in [0.29, 0.717) is 35.8 Å². The number of hydrogen-bond donors (Lipinski definition) is 0. The Bertz CT molecular complexity index is 1230. The summed E-state index contributed by atoms with van der Waals surface area (Å²) in [5.41, 5.74) is 1.75. The molecule has 6 heteroatoms. The molecule has 0 saturated carbocycles. The minimum absolute atomic E-state index is 0.158. The molecule has 3 rings (SSSR count). The van der Waals surface area contributed by atoms with Gasteiger partial charge in [-0.15, -0.1) is 0 Å². The van der Waals surface area contributed by atoms with Gasteiger partial charge in [0.05, 0.1) is 13.2 Å². The zero-order valence-electron chi connectivity index (χ0n) is 25.9. The number of unbranched alkanes of at least 4 members (excludes halogenated alkanes) is 8. The van der Waals surface area contributed by atoms with Crippen molar-refractivity contribution in [3.8, 4) is 11.5 Å². The van der Waals surface area contributed by atoms with Crippen LogP contribution in [-0.4, -0.2) is 29.9 Å². The van der Waals surface area contributed by atoms with E-state index in [1.165, 1.54) is 43.4 Å². The summed E-state index contributed by atoms with van der Waals surface area (Å²) in [6.07, 6.45) is 13.4. The van der Waals surface area contributed by atoms with E-state index < -0.39 is 0 Å². The summed E-state index contributed by atoms with van der Waals surface area (Å²) in [5.74, 6) is 0.496. The average molecular weight is 574 g/mol. The lowest BCUT2D eigenvalue weighted by Crippen LogP contribution is -2.43. The molecule has 0 unspecified atom stereocenters. The Balaban J connectivity index is 1.85. The second kappa shape index (κ2) is 18.7. The van der Waals surface area contributed by atoms with Crippen molar-refractivity contribution in [3.63, 3.8) is 0 Å². The number of rotatable bonds is 19. The van der Waals surface area contributed by atoms with Gasteiger partial charge in [-0.25, -0.2) is 4.57 Å². The molecular weight excluding hydrogens is 524 g/mol. The van der Waals surface area contributed by atoms with Crippen molar-refractivity contribution in [2.75, 3.05) is 13.2 Å². The summed E-state index contributed by atoms with van der Waals surface area (Å²) in [5, 5.41) is 0. The van der Waals surface area contributed by atoms with E-state index in [-0.39, 0.29) is 18.4 Å². The lowest BCUT2D eigenvalue weighted by molar-refractivity contribution is -0.701. The molecule has 1 aromatic heterocycles. The van der Waals surface area contributed by atoms with Gasteiger partial charge in [-0.2, -0.15) is 0 Å². The number of imide groups is 1. The first-order valence-corrected chi connectivity index (χ1v) is 15.9. The van der Waals surface area contributed by atoms with Crippen LogP contribution in [0.4, 0.5) is 0 Å². The minimum atomic E-state index is -0.366. The van der Waals surface area contributed by atoms with Gasteiger partial charge >= 0.3 is 0 Å². The standard InChI is InChI=1S/C36H49N2O4/c1-4-7-9-11-18-26-41-33-24-23-31(28-34(33)42-27-19-12-10-8-5-2)36(40)38(35(39)30-20-14-13-15-21-30)29-32-22-16-17-25-37(32)6-3/h13-17,20-25,28H,4-12,18-19,26-27,29H2,1-3H3/q+1. The van der Waals surface area contributed by atoms with Gasteiger partial charge in [0.25, 0.3) is 11.8 Å². The molecule has 3 aromatic rings. The highest BCUT2D eigenvalue weighted by molar-refractivity contribution is 6.10. The van der Waals surface area contributed by atoms with E-state index in [4.69, 9.17) is 9.47 Å². The van der Waals surface area contributed by atoms with Gasteiger partial charge in [-0.1, -0.05) is 89.5 Å². The third kappa shape index (κ3) is 10.3. The van der Waals surface area contributed by atoms with Gasteiger partial charge in [0, 0.05) is 23.3 Å². The molecule has 0 aliphatic heterocycles.